The van der Waals surface area contributed by atoms with Gasteiger partial charge in [-0.3, -0.25) is 14.4 Å². The second kappa shape index (κ2) is 16.5. The number of carbonyl (C=O) groups is 3. The van der Waals surface area contributed by atoms with E-state index in [9.17, 15) is 18.8 Å². The lowest BCUT2D eigenvalue weighted by atomic mass is 10.1. The zero-order valence-corrected chi connectivity index (χ0v) is 28.0. The minimum atomic E-state index is -0.707. The molecule has 0 fully saturated rings. The van der Waals surface area contributed by atoms with E-state index in [2.05, 4.69) is 16.0 Å². The maximum Gasteiger partial charge on any atom is 0.272 e. The predicted octanol–water partition coefficient (Wildman–Crippen LogP) is 8.38. The number of ether oxygens (including phenoxy) is 2. The van der Waals surface area contributed by atoms with E-state index in [1.807, 2.05) is 36.4 Å². The van der Waals surface area contributed by atoms with Crippen LogP contribution in [0.4, 0.5) is 15.8 Å². The number of amides is 3. The summed E-state index contributed by atoms with van der Waals surface area (Å²) in [7, 11) is 3.03. The summed E-state index contributed by atoms with van der Waals surface area (Å²) in [6.45, 7) is 0. The first-order valence-corrected chi connectivity index (χ1v) is 16.2. The van der Waals surface area contributed by atoms with E-state index in [4.69, 9.17) is 21.1 Å². The lowest BCUT2D eigenvalue weighted by molar-refractivity contribution is -0.116. The van der Waals surface area contributed by atoms with Crippen LogP contribution in [0.3, 0.4) is 0 Å². The second-order valence-electron chi connectivity index (χ2n) is 10.5. The molecule has 1 unspecified atom stereocenters. The molecule has 5 aromatic carbocycles. The monoisotopic (exact) mass is 695 g/mol. The summed E-state index contributed by atoms with van der Waals surface area (Å²) >= 11 is 7.19. The Hall–Kier alpha value is -5.58. The molecule has 0 aliphatic carbocycles. The molecule has 11 heteroatoms. The highest BCUT2D eigenvalue weighted by Gasteiger charge is 2.23. The van der Waals surface area contributed by atoms with Gasteiger partial charge >= 0.3 is 0 Å². The Morgan fingerprint density at radius 3 is 2.14 bits per heavy atom. The third-order valence-electron chi connectivity index (χ3n) is 7.12. The molecule has 0 aliphatic rings. The Morgan fingerprint density at radius 1 is 0.755 bits per heavy atom. The molecule has 3 amide bonds. The highest BCUT2D eigenvalue weighted by atomic mass is 35.5. The molecule has 0 aromatic heterocycles. The van der Waals surface area contributed by atoms with Gasteiger partial charge in [0.25, 0.3) is 11.8 Å². The Labute approximate surface area is 292 Å². The zero-order chi connectivity index (χ0) is 34.8. The average molecular weight is 696 g/mol. The van der Waals surface area contributed by atoms with Gasteiger partial charge in [-0.25, -0.2) is 4.39 Å². The standard InChI is InChI=1S/C38H31ClFN3O5S/c1-47-33-19-16-24(21-34(33)48-2)20-32(43-36(44)26-12-7-4-8-13-26)37(45)41-27-14-9-15-29(22-27)49-35(25-10-5-3-6-11-25)38(46)42-28-17-18-31(40)30(39)23-28/h3-23,35H,1-2H3,(H,41,45)(H,42,46)(H,43,44)/b32-20+. The van der Waals surface area contributed by atoms with Gasteiger partial charge < -0.3 is 25.4 Å². The van der Waals surface area contributed by atoms with E-state index in [0.29, 0.717) is 38.9 Å². The van der Waals surface area contributed by atoms with Gasteiger partial charge in [0.15, 0.2) is 11.5 Å². The number of hydrogen-bond acceptors (Lipinski definition) is 6. The maximum absolute atomic E-state index is 13.7. The van der Waals surface area contributed by atoms with Crippen LogP contribution in [-0.2, 0) is 9.59 Å². The Morgan fingerprint density at radius 2 is 1.45 bits per heavy atom. The predicted molar refractivity (Wildman–Crippen MR) is 192 cm³/mol. The third-order valence-corrected chi connectivity index (χ3v) is 8.66. The SMILES string of the molecule is COc1ccc(/C=C(/NC(=O)c2ccccc2)C(=O)Nc2cccc(SC(C(=O)Nc3ccc(F)c(Cl)c3)c3ccccc3)c2)cc1OC. The fourth-order valence-corrected chi connectivity index (χ4v) is 5.98. The summed E-state index contributed by atoms with van der Waals surface area (Å²) in [5.41, 5.74) is 2.46. The van der Waals surface area contributed by atoms with Gasteiger partial charge in [-0.1, -0.05) is 72.3 Å². The first-order valence-electron chi connectivity index (χ1n) is 14.9. The Kier molecular flexibility index (Phi) is 11.7. The molecule has 0 saturated carbocycles. The number of halogens is 2. The number of nitrogens with one attached hydrogen (secondary N) is 3. The summed E-state index contributed by atoms with van der Waals surface area (Å²) in [4.78, 5) is 41.1. The topological polar surface area (TPSA) is 106 Å². The number of methoxy groups -OCH3 is 2. The van der Waals surface area contributed by atoms with Gasteiger partial charge in [-0.2, -0.15) is 0 Å². The third kappa shape index (κ3) is 9.28. The van der Waals surface area contributed by atoms with E-state index < -0.39 is 22.9 Å². The molecular weight excluding hydrogens is 665 g/mol. The number of thioether (sulfide) groups is 1. The summed E-state index contributed by atoms with van der Waals surface area (Å²) in [6, 6.07) is 33.8. The quantitative estimate of drug-likeness (QED) is 0.0895. The van der Waals surface area contributed by atoms with Gasteiger partial charge in [-0.15, -0.1) is 11.8 Å². The second-order valence-corrected chi connectivity index (χ2v) is 12.1. The van der Waals surface area contributed by atoms with E-state index >= 15 is 0 Å². The van der Waals surface area contributed by atoms with E-state index in [1.165, 1.54) is 50.3 Å². The molecule has 5 aromatic rings. The smallest absolute Gasteiger partial charge is 0.272 e. The normalized spacial score (nSPS) is 11.6. The first kappa shape index (κ1) is 34.7. The minimum Gasteiger partial charge on any atom is -0.493 e. The van der Waals surface area contributed by atoms with Crippen LogP contribution in [0.1, 0.15) is 26.7 Å². The fourth-order valence-electron chi connectivity index (χ4n) is 4.72. The van der Waals surface area contributed by atoms with Gasteiger partial charge in [-0.05, 0) is 77.9 Å². The fraction of sp³-hybridized carbons (Fsp3) is 0.0789. The molecule has 0 spiro atoms. The molecule has 8 nitrogen and oxygen atoms in total. The van der Waals surface area contributed by atoms with Crippen LogP contribution in [0.25, 0.3) is 6.08 Å². The van der Waals surface area contributed by atoms with E-state index in [0.717, 1.165) is 5.56 Å². The van der Waals surface area contributed by atoms with Gasteiger partial charge in [0.05, 0.1) is 19.2 Å². The van der Waals surface area contributed by atoms with E-state index in [-0.39, 0.29) is 16.6 Å². The molecule has 0 radical (unpaired) electrons. The zero-order valence-electron chi connectivity index (χ0n) is 26.4. The molecular formula is C38H31ClFN3O5S. The van der Waals surface area contributed by atoms with Crippen molar-refractivity contribution in [3.63, 3.8) is 0 Å². The maximum atomic E-state index is 13.7. The van der Waals surface area contributed by atoms with Crippen molar-refractivity contribution in [2.75, 3.05) is 24.9 Å². The molecule has 0 saturated heterocycles. The largest absolute Gasteiger partial charge is 0.493 e. The van der Waals surface area contributed by atoms with Crippen LogP contribution >= 0.6 is 23.4 Å². The van der Waals surface area contributed by atoms with Crippen LogP contribution in [0.15, 0.2) is 132 Å². The van der Waals surface area contributed by atoms with Crippen molar-refractivity contribution in [2.24, 2.45) is 0 Å². The highest BCUT2D eigenvalue weighted by molar-refractivity contribution is 8.00. The molecule has 0 heterocycles. The number of hydrogen-bond donors (Lipinski definition) is 3. The number of benzene rings is 5. The van der Waals surface area contributed by atoms with Crippen molar-refractivity contribution in [1.29, 1.82) is 0 Å². The van der Waals surface area contributed by atoms with Crippen LogP contribution in [-0.4, -0.2) is 31.9 Å². The van der Waals surface area contributed by atoms with Crippen molar-refractivity contribution in [1.82, 2.24) is 5.32 Å². The number of carbonyl (C=O) groups excluding carboxylic acids is 3. The summed E-state index contributed by atoms with van der Waals surface area (Å²) < 4.78 is 24.5. The van der Waals surface area contributed by atoms with Crippen molar-refractivity contribution >= 4 is 58.5 Å². The molecule has 49 heavy (non-hydrogen) atoms. The summed E-state index contributed by atoms with van der Waals surface area (Å²) in [6.07, 6.45) is 1.54. The first-order chi connectivity index (χ1) is 23.7. The number of rotatable bonds is 12. The minimum absolute atomic E-state index is 0.0152. The van der Waals surface area contributed by atoms with Gasteiger partial charge in [0, 0.05) is 21.8 Å². The van der Waals surface area contributed by atoms with E-state index in [1.54, 1.807) is 66.7 Å². The highest BCUT2D eigenvalue weighted by Crippen LogP contribution is 2.37. The molecule has 0 bridgehead atoms. The van der Waals surface area contributed by atoms with Crippen LogP contribution in [0.5, 0.6) is 11.5 Å². The number of anilines is 2. The van der Waals surface area contributed by atoms with Crippen molar-refractivity contribution in [3.8, 4) is 11.5 Å². The Bertz CT molecular complexity index is 1990. The lowest BCUT2D eigenvalue weighted by Crippen LogP contribution is -2.30. The average Bonchev–Trinajstić information content (AvgIpc) is 3.12. The Balaban J connectivity index is 1.40. The summed E-state index contributed by atoms with van der Waals surface area (Å²) in [5, 5.41) is 7.59. The van der Waals surface area contributed by atoms with Gasteiger partial charge in [0.2, 0.25) is 5.91 Å². The molecule has 5 rings (SSSR count). The van der Waals surface area contributed by atoms with Gasteiger partial charge in [0.1, 0.15) is 16.8 Å². The lowest BCUT2D eigenvalue weighted by Gasteiger charge is -2.18. The molecule has 0 aliphatic heterocycles. The van der Waals surface area contributed by atoms with Crippen LogP contribution < -0.4 is 25.4 Å². The molecule has 1 atom stereocenters. The van der Waals surface area contributed by atoms with Crippen molar-refractivity contribution in [3.05, 3.63) is 155 Å². The molecule has 248 valence electrons. The van der Waals surface area contributed by atoms with Crippen molar-refractivity contribution in [2.45, 2.75) is 10.1 Å². The van der Waals surface area contributed by atoms with Crippen LogP contribution in [0.2, 0.25) is 5.02 Å². The van der Waals surface area contributed by atoms with Crippen molar-refractivity contribution < 1.29 is 28.2 Å². The summed E-state index contributed by atoms with van der Waals surface area (Å²) in [5.74, 6) is -1.02. The molecule has 3 N–H and O–H groups in total. The van der Waals surface area contributed by atoms with Crippen LogP contribution in [0, 0.1) is 5.82 Å².